The number of alkyl halides is 1. The van der Waals surface area contributed by atoms with E-state index in [1.165, 1.54) is 6.08 Å². The van der Waals surface area contributed by atoms with Crippen LogP contribution in [0.4, 0.5) is 5.69 Å². The van der Waals surface area contributed by atoms with Crippen LogP contribution in [0.5, 0.6) is 17.2 Å². The molecule has 1 aliphatic rings. The highest BCUT2D eigenvalue weighted by molar-refractivity contribution is 6.17. The number of H-pyrrole nitrogens is 1. The van der Waals surface area contributed by atoms with Gasteiger partial charge >= 0.3 is 0 Å². The summed E-state index contributed by atoms with van der Waals surface area (Å²) >= 11 is 5.67. The zero-order valence-electron chi connectivity index (χ0n) is 17.9. The number of aromatic amines is 1. The van der Waals surface area contributed by atoms with E-state index >= 15 is 0 Å². The Morgan fingerprint density at radius 2 is 2.09 bits per heavy atom. The lowest BCUT2D eigenvalue weighted by Crippen LogP contribution is -2.24. The summed E-state index contributed by atoms with van der Waals surface area (Å²) in [7, 11) is 0. The summed E-state index contributed by atoms with van der Waals surface area (Å²) in [6.07, 6.45) is 5.73. The molecule has 2 heterocycles. The molecule has 1 atom stereocenters. The number of carbonyl (C=O) groups is 1. The fraction of sp³-hybridized carbons (Fsp3) is 0.304. The number of benzene rings is 2. The van der Waals surface area contributed by atoms with Gasteiger partial charge < -0.3 is 19.5 Å². The molecule has 10 heteroatoms. The molecular formula is C23H24ClN5O4. The zero-order valence-corrected chi connectivity index (χ0v) is 18.6. The van der Waals surface area contributed by atoms with E-state index in [1.54, 1.807) is 24.3 Å². The highest BCUT2D eigenvalue weighted by Crippen LogP contribution is 2.41. The van der Waals surface area contributed by atoms with Crippen molar-refractivity contribution in [2.45, 2.75) is 25.4 Å². The summed E-state index contributed by atoms with van der Waals surface area (Å²) < 4.78 is 17.4. The van der Waals surface area contributed by atoms with E-state index in [4.69, 9.17) is 25.8 Å². The lowest BCUT2D eigenvalue weighted by Gasteiger charge is -2.26. The van der Waals surface area contributed by atoms with Crippen LogP contribution < -0.4 is 19.5 Å². The molecule has 1 aromatic heterocycles. The molecule has 1 unspecified atom stereocenters. The van der Waals surface area contributed by atoms with Gasteiger partial charge in [0, 0.05) is 12.0 Å². The number of ether oxygens (including phenoxy) is 3. The number of nitrogens with zero attached hydrogens (tertiary/aromatic N) is 3. The van der Waals surface area contributed by atoms with Gasteiger partial charge in [-0.05, 0) is 65.6 Å². The van der Waals surface area contributed by atoms with Crippen LogP contribution in [-0.4, -0.2) is 45.6 Å². The van der Waals surface area contributed by atoms with Crippen LogP contribution in [0.2, 0.25) is 0 Å². The number of rotatable bonds is 10. The minimum absolute atomic E-state index is 0.258. The molecule has 9 nitrogen and oxygen atoms in total. The quantitative estimate of drug-likeness (QED) is 0.260. The first-order valence-electron chi connectivity index (χ1n) is 10.7. The third-order valence-electron chi connectivity index (χ3n) is 4.91. The maximum Gasteiger partial charge on any atom is 0.248 e. The Labute approximate surface area is 196 Å². The molecule has 0 bridgehead atoms. The molecular weight excluding hydrogens is 446 g/mol. The number of hydrogen-bond donors (Lipinski definition) is 2. The van der Waals surface area contributed by atoms with Crippen LogP contribution in [0.25, 0.3) is 6.08 Å². The van der Waals surface area contributed by atoms with E-state index in [0.717, 1.165) is 30.6 Å². The van der Waals surface area contributed by atoms with Crippen molar-refractivity contribution in [2.24, 2.45) is 0 Å². The Morgan fingerprint density at radius 3 is 2.88 bits per heavy atom. The van der Waals surface area contributed by atoms with Gasteiger partial charge in [0.05, 0.1) is 12.3 Å². The number of amides is 1. The Balaban J connectivity index is 1.33. The third kappa shape index (κ3) is 6.23. The number of unbranched alkanes of at least 4 members (excludes halogenated alkanes) is 2. The first-order chi connectivity index (χ1) is 16.2. The van der Waals surface area contributed by atoms with Crippen molar-refractivity contribution in [2.75, 3.05) is 24.4 Å². The van der Waals surface area contributed by atoms with Crippen LogP contribution in [0, 0.1) is 0 Å². The number of carbonyl (C=O) groups excluding carboxylic acids is 1. The van der Waals surface area contributed by atoms with E-state index in [1.807, 2.05) is 24.3 Å². The molecule has 33 heavy (non-hydrogen) atoms. The summed E-state index contributed by atoms with van der Waals surface area (Å²) in [6, 6.07) is 12.9. The number of tetrazole rings is 1. The number of anilines is 1. The van der Waals surface area contributed by atoms with Gasteiger partial charge in [0.2, 0.25) is 5.91 Å². The van der Waals surface area contributed by atoms with Gasteiger partial charge in [0.25, 0.3) is 0 Å². The number of nitrogens with one attached hydrogen (secondary N) is 2. The summed E-state index contributed by atoms with van der Waals surface area (Å²) in [5, 5.41) is 16.5. The van der Waals surface area contributed by atoms with Crippen molar-refractivity contribution in [3.05, 3.63) is 59.9 Å². The molecule has 2 N–H and O–H groups in total. The van der Waals surface area contributed by atoms with Gasteiger partial charge in [-0.2, -0.15) is 0 Å². The second-order valence-electron chi connectivity index (χ2n) is 7.33. The SMILES string of the molecule is O=C(/C=C/c1ccc(OCCCCCCl)cc1)Nc1cccc2c1OC(c1nnn[nH]1)CO2. The second kappa shape index (κ2) is 11.3. The van der Waals surface area contributed by atoms with Gasteiger partial charge in [-0.15, -0.1) is 16.7 Å². The van der Waals surface area contributed by atoms with Crippen LogP contribution in [0.1, 0.15) is 36.8 Å². The molecule has 172 valence electrons. The number of fused-ring (bicyclic) bond motifs is 1. The van der Waals surface area contributed by atoms with E-state index in [0.29, 0.717) is 35.5 Å². The Hall–Kier alpha value is -3.59. The van der Waals surface area contributed by atoms with Gasteiger partial charge in [-0.3, -0.25) is 4.79 Å². The highest BCUT2D eigenvalue weighted by atomic mass is 35.5. The largest absolute Gasteiger partial charge is 0.494 e. The maximum atomic E-state index is 12.5. The van der Waals surface area contributed by atoms with Crippen LogP contribution in [0.3, 0.4) is 0 Å². The second-order valence-corrected chi connectivity index (χ2v) is 7.70. The lowest BCUT2D eigenvalue weighted by molar-refractivity contribution is -0.111. The molecule has 1 amide bonds. The molecule has 0 saturated carbocycles. The molecule has 2 aromatic carbocycles. The van der Waals surface area contributed by atoms with Crippen molar-refractivity contribution in [1.82, 2.24) is 20.6 Å². The standard InChI is InChI=1S/C23H24ClN5O4/c24-13-2-1-3-14-31-17-10-7-16(8-11-17)9-12-21(30)25-18-5-4-6-19-22(18)33-20(15-32-19)23-26-28-29-27-23/h4-12,20H,1-3,13-15H2,(H,25,30)(H,26,27,28,29)/b12-9+. The predicted molar refractivity (Wildman–Crippen MR) is 124 cm³/mol. The number of halogens is 1. The number of para-hydroxylation sites is 1. The van der Waals surface area contributed by atoms with E-state index < -0.39 is 6.10 Å². The molecule has 4 rings (SSSR count). The monoisotopic (exact) mass is 469 g/mol. The molecule has 0 fully saturated rings. The first-order valence-corrected chi connectivity index (χ1v) is 11.2. The van der Waals surface area contributed by atoms with E-state index in [2.05, 4.69) is 25.9 Å². The molecule has 0 radical (unpaired) electrons. The van der Waals surface area contributed by atoms with Crippen LogP contribution in [0.15, 0.2) is 48.5 Å². The third-order valence-corrected chi connectivity index (χ3v) is 5.18. The van der Waals surface area contributed by atoms with Crippen molar-refractivity contribution < 1.29 is 19.0 Å². The molecule has 1 aliphatic heterocycles. The van der Waals surface area contributed by atoms with Crippen molar-refractivity contribution in [1.29, 1.82) is 0 Å². The van der Waals surface area contributed by atoms with Gasteiger partial charge in [-0.1, -0.05) is 18.2 Å². The number of hydrogen-bond acceptors (Lipinski definition) is 7. The van der Waals surface area contributed by atoms with E-state index in [9.17, 15) is 4.79 Å². The minimum atomic E-state index is -0.498. The lowest BCUT2D eigenvalue weighted by atomic mass is 10.2. The Morgan fingerprint density at radius 1 is 1.21 bits per heavy atom. The topological polar surface area (TPSA) is 111 Å². The highest BCUT2D eigenvalue weighted by Gasteiger charge is 2.27. The van der Waals surface area contributed by atoms with Crippen molar-refractivity contribution in [3.63, 3.8) is 0 Å². The summed E-state index contributed by atoms with van der Waals surface area (Å²) in [5.74, 6) is 2.60. The van der Waals surface area contributed by atoms with Gasteiger partial charge in [0.15, 0.2) is 23.4 Å². The summed E-state index contributed by atoms with van der Waals surface area (Å²) in [4.78, 5) is 12.5. The Kier molecular flexibility index (Phi) is 7.76. The molecule has 0 saturated heterocycles. The fourth-order valence-electron chi connectivity index (χ4n) is 3.21. The molecule has 0 aliphatic carbocycles. The Bertz CT molecular complexity index is 1070. The summed E-state index contributed by atoms with van der Waals surface area (Å²) in [6.45, 7) is 0.920. The number of aromatic nitrogens is 4. The van der Waals surface area contributed by atoms with Crippen molar-refractivity contribution >= 4 is 29.3 Å². The smallest absolute Gasteiger partial charge is 0.248 e. The molecule has 0 spiro atoms. The average Bonchev–Trinajstić information content (AvgIpc) is 3.38. The summed E-state index contributed by atoms with van der Waals surface area (Å²) in [5.41, 5.74) is 1.38. The normalized spacial score (nSPS) is 14.9. The van der Waals surface area contributed by atoms with Crippen LogP contribution >= 0.6 is 11.6 Å². The van der Waals surface area contributed by atoms with E-state index in [-0.39, 0.29) is 12.5 Å². The minimum Gasteiger partial charge on any atom is -0.494 e. The molecule has 3 aromatic rings. The van der Waals surface area contributed by atoms with Crippen molar-refractivity contribution in [3.8, 4) is 17.2 Å². The van der Waals surface area contributed by atoms with Crippen LogP contribution in [-0.2, 0) is 4.79 Å². The first kappa shape index (κ1) is 22.6. The maximum absolute atomic E-state index is 12.5. The van der Waals surface area contributed by atoms with Gasteiger partial charge in [-0.25, -0.2) is 5.10 Å². The predicted octanol–water partition coefficient (Wildman–Crippen LogP) is 4.15. The van der Waals surface area contributed by atoms with Gasteiger partial charge in [0.1, 0.15) is 12.4 Å². The zero-order chi connectivity index (χ0) is 22.9. The fourth-order valence-corrected chi connectivity index (χ4v) is 3.40. The average molecular weight is 470 g/mol.